The summed E-state index contributed by atoms with van der Waals surface area (Å²) in [4.78, 5) is 16.7. The number of aromatic amines is 1. The van der Waals surface area contributed by atoms with Gasteiger partial charge in [0.05, 0.1) is 18.8 Å². The first kappa shape index (κ1) is 22.6. The molecule has 34 heavy (non-hydrogen) atoms. The highest BCUT2D eigenvalue weighted by molar-refractivity contribution is 7.98. The van der Waals surface area contributed by atoms with Crippen LogP contribution in [0.3, 0.4) is 0 Å². The molecular formula is C27H24ClN3O2S. The molecule has 7 heteroatoms. The van der Waals surface area contributed by atoms with Gasteiger partial charge in [-0.25, -0.2) is 0 Å². The van der Waals surface area contributed by atoms with E-state index in [4.69, 9.17) is 16.3 Å². The first-order valence-corrected chi connectivity index (χ1v) is 12.6. The number of aromatic nitrogens is 2. The average Bonchev–Trinajstić information content (AvgIpc) is 3.42. The topological polar surface area (TPSA) is 58.2 Å². The van der Waals surface area contributed by atoms with Crippen molar-refractivity contribution < 1.29 is 9.53 Å². The highest BCUT2D eigenvalue weighted by atomic mass is 35.5. The summed E-state index contributed by atoms with van der Waals surface area (Å²) >= 11 is 7.81. The summed E-state index contributed by atoms with van der Waals surface area (Å²) in [5, 5.41) is 8.22. The van der Waals surface area contributed by atoms with Crippen LogP contribution in [0.5, 0.6) is 5.75 Å². The number of fused-ring (bicyclic) bond motifs is 1. The Balaban J connectivity index is 1.53. The second kappa shape index (κ2) is 9.57. The van der Waals surface area contributed by atoms with Gasteiger partial charge >= 0.3 is 0 Å². The van der Waals surface area contributed by atoms with Crippen LogP contribution in [-0.4, -0.2) is 40.9 Å². The third-order valence-corrected chi connectivity index (χ3v) is 7.21. The fourth-order valence-corrected chi connectivity index (χ4v) is 4.96. The van der Waals surface area contributed by atoms with E-state index in [-0.39, 0.29) is 11.9 Å². The van der Waals surface area contributed by atoms with Crippen LogP contribution in [0.2, 0.25) is 5.02 Å². The maximum atomic E-state index is 13.5. The lowest BCUT2D eigenvalue weighted by Gasteiger charge is -2.26. The van der Waals surface area contributed by atoms with Crippen LogP contribution in [0.15, 0.2) is 77.7 Å². The predicted molar refractivity (Wildman–Crippen MR) is 137 cm³/mol. The number of nitrogens with one attached hydrogen (secondary N) is 1. The fraction of sp³-hybridized carbons (Fsp3) is 0.185. The predicted octanol–water partition coefficient (Wildman–Crippen LogP) is 6.25. The van der Waals surface area contributed by atoms with Crippen molar-refractivity contribution in [3.63, 3.8) is 0 Å². The third-order valence-electron chi connectivity index (χ3n) is 6.21. The first-order valence-electron chi connectivity index (χ1n) is 11.0. The van der Waals surface area contributed by atoms with Gasteiger partial charge in [0.25, 0.3) is 5.91 Å². The molecule has 1 aliphatic rings. The quantitative estimate of drug-likeness (QED) is 0.312. The van der Waals surface area contributed by atoms with E-state index in [1.807, 2.05) is 53.4 Å². The van der Waals surface area contributed by atoms with Crippen LogP contribution in [0.1, 0.15) is 33.2 Å². The van der Waals surface area contributed by atoms with Gasteiger partial charge in [0.1, 0.15) is 11.4 Å². The van der Waals surface area contributed by atoms with E-state index in [9.17, 15) is 4.79 Å². The van der Waals surface area contributed by atoms with Crippen molar-refractivity contribution in [1.29, 1.82) is 0 Å². The Kier molecular flexibility index (Phi) is 6.35. The van der Waals surface area contributed by atoms with Crippen LogP contribution in [0.4, 0.5) is 0 Å². The van der Waals surface area contributed by atoms with E-state index in [1.54, 1.807) is 18.9 Å². The van der Waals surface area contributed by atoms with E-state index in [0.717, 1.165) is 40.1 Å². The van der Waals surface area contributed by atoms with Gasteiger partial charge in [-0.3, -0.25) is 9.89 Å². The molecular weight excluding hydrogens is 466 g/mol. The van der Waals surface area contributed by atoms with Gasteiger partial charge in [-0.1, -0.05) is 48.0 Å². The maximum Gasteiger partial charge on any atom is 0.273 e. The minimum absolute atomic E-state index is 0.0323. The number of carbonyl (C=O) groups is 1. The number of ether oxygens (including phenoxy) is 1. The highest BCUT2D eigenvalue weighted by Gasteiger charge is 2.41. The molecule has 5 rings (SSSR count). The molecule has 0 aliphatic carbocycles. The minimum atomic E-state index is -0.221. The minimum Gasteiger partial charge on any atom is -0.497 e. The third kappa shape index (κ3) is 4.19. The molecule has 1 atom stereocenters. The van der Waals surface area contributed by atoms with Crippen molar-refractivity contribution in [2.45, 2.75) is 17.4 Å². The van der Waals surface area contributed by atoms with Crippen LogP contribution in [0, 0.1) is 0 Å². The van der Waals surface area contributed by atoms with Crippen LogP contribution in [0.25, 0.3) is 11.3 Å². The van der Waals surface area contributed by atoms with Gasteiger partial charge in [-0.2, -0.15) is 5.10 Å². The normalized spacial score (nSPS) is 15.0. The molecule has 1 aliphatic heterocycles. The molecule has 1 aromatic heterocycles. The van der Waals surface area contributed by atoms with Crippen molar-refractivity contribution in [1.82, 2.24) is 15.1 Å². The molecule has 0 fully saturated rings. The molecule has 1 amide bonds. The zero-order chi connectivity index (χ0) is 23.7. The van der Waals surface area contributed by atoms with Crippen molar-refractivity contribution in [2.24, 2.45) is 0 Å². The molecule has 0 bridgehead atoms. The zero-order valence-electron chi connectivity index (χ0n) is 18.9. The van der Waals surface area contributed by atoms with Crippen LogP contribution < -0.4 is 4.74 Å². The molecule has 0 spiro atoms. The molecule has 0 radical (unpaired) electrons. The number of nitrogens with zero attached hydrogens (tertiary/aromatic N) is 2. The van der Waals surface area contributed by atoms with E-state index < -0.39 is 0 Å². The number of methoxy groups -OCH3 is 1. The second-order valence-corrected chi connectivity index (χ2v) is 9.46. The van der Waals surface area contributed by atoms with Crippen molar-refractivity contribution in [2.75, 3.05) is 19.9 Å². The highest BCUT2D eigenvalue weighted by Crippen LogP contribution is 2.43. The summed E-state index contributed by atoms with van der Waals surface area (Å²) in [5.41, 5.74) is 5.40. The van der Waals surface area contributed by atoms with Gasteiger partial charge in [0.2, 0.25) is 0 Å². The maximum absolute atomic E-state index is 13.5. The SMILES string of the molecule is COc1ccc(CCN2C(=O)c3[nH]nc(-c4ccc(Cl)cc4)c3C2c2ccc(SC)cc2)cc1. The van der Waals surface area contributed by atoms with Gasteiger partial charge in [0, 0.05) is 27.6 Å². The summed E-state index contributed by atoms with van der Waals surface area (Å²) in [6, 6.07) is 23.8. The van der Waals surface area contributed by atoms with Gasteiger partial charge in [0.15, 0.2) is 0 Å². The second-order valence-electron chi connectivity index (χ2n) is 8.14. The Bertz CT molecular complexity index is 1300. The first-order chi connectivity index (χ1) is 16.6. The van der Waals surface area contributed by atoms with Crippen molar-refractivity contribution in [3.05, 3.63) is 100 Å². The molecule has 0 saturated heterocycles. The smallest absolute Gasteiger partial charge is 0.273 e. The Hall–Kier alpha value is -3.22. The molecule has 172 valence electrons. The standard InChI is InChI=1S/C27H24ClN3O2S/c1-33-21-11-3-17(4-12-21)15-16-31-26(19-7-13-22(34-2)14-8-19)23-24(29-30-25(23)27(31)32)18-5-9-20(28)10-6-18/h3-14,26H,15-16H2,1-2H3,(H,29,30). The largest absolute Gasteiger partial charge is 0.497 e. The van der Waals surface area contributed by atoms with Crippen LogP contribution in [-0.2, 0) is 6.42 Å². The number of thioether (sulfide) groups is 1. The Morgan fingerprint density at radius 3 is 2.38 bits per heavy atom. The van der Waals surface area contributed by atoms with E-state index >= 15 is 0 Å². The van der Waals surface area contributed by atoms with E-state index in [0.29, 0.717) is 17.3 Å². The van der Waals surface area contributed by atoms with Crippen molar-refractivity contribution in [3.8, 4) is 17.0 Å². The summed E-state index contributed by atoms with van der Waals surface area (Å²) in [6.45, 7) is 0.586. The number of benzene rings is 3. The summed E-state index contributed by atoms with van der Waals surface area (Å²) in [6.07, 6.45) is 2.80. The molecule has 1 unspecified atom stereocenters. The van der Waals surface area contributed by atoms with E-state index in [1.165, 1.54) is 4.90 Å². The molecule has 0 saturated carbocycles. The average molecular weight is 490 g/mol. The number of hydrogen-bond donors (Lipinski definition) is 1. The zero-order valence-corrected chi connectivity index (χ0v) is 20.5. The molecule has 3 aromatic carbocycles. The number of hydrogen-bond acceptors (Lipinski definition) is 4. The summed E-state index contributed by atoms with van der Waals surface area (Å²) < 4.78 is 5.27. The van der Waals surface area contributed by atoms with Gasteiger partial charge < -0.3 is 9.64 Å². The lowest BCUT2D eigenvalue weighted by Crippen LogP contribution is -2.31. The Labute approximate surface area is 208 Å². The molecule has 2 heterocycles. The summed E-state index contributed by atoms with van der Waals surface area (Å²) in [5.74, 6) is 0.789. The fourth-order valence-electron chi connectivity index (χ4n) is 4.43. The van der Waals surface area contributed by atoms with Crippen molar-refractivity contribution >= 4 is 29.3 Å². The lowest BCUT2D eigenvalue weighted by atomic mass is 9.96. The molecule has 1 N–H and O–H groups in total. The van der Waals surface area contributed by atoms with Crippen LogP contribution >= 0.6 is 23.4 Å². The number of carbonyl (C=O) groups excluding carboxylic acids is 1. The molecule has 4 aromatic rings. The number of rotatable bonds is 7. The van der Waals surface area contributed by atoms with Gasteiger partial charge in [-0.05, 0) is 60.2 Å². The summed E-state index contributed by atoms with van der Waals surface area (Å²) in [7, 11) is 1.66. The Morgan fingerprint density at radius 1 is 1.03 bits per heavy atom. The number of halogens is 1. The lowest BCUT2D eigenvalue weighted by molar-refractivity contribution is 0.0746. The monoisotopic (exact) mass is 489 g/mol. The van der Waals surface area contributed by atoms with Gasteiger partial charge in [-0.15, -0.1) is 11.8 Å². The van der Waals surface area contributed by atoms with E-state index in [2.05, 4.69) is 40.7 Å². The number of amides is 1. The molecule has 5 nitrogen and oxygen atoms in total. The number of H-pyrrole nitrogens is 1. The Morgan fingerprint density at radius 2 is 1.74 bits per heavy atom.